The Hall–Kier alpha value is -3.28. The van der Waals surface area contributed by atoms with Gasteiger partial charge in [0.2, 0.25) is 0 Å². The lowest BCUT2D eigenvalue weighted by atomic mass is 9.83. The highest BCUT2D eigenvalue weighted by Gasteiger charge is 2.30. The number of carbonyl (C=O) groups excluding carboxylic acids is 2. The second-order valence-electron chi connectivity index (χ2n) is 9.98. The van der Waals surface area contributed by atoms with E-state index in [1.807, 2.05) is 12.1 Å². The topological polar surface area (TPSA) is 65.3 Å². The number of benzene rings is 2. The molecular weight excluding hydrogens is 448 g/mol. The maximum atomic E-state index is 13.4. The summed E-state index contributed by atoms with van der Waals surface area (Å²) in [5.41, 5.74) is 3.27. The van der Waals surface area contributed by atoms with Crippen LogP contribution in [-0.4, -0.2) is 59.2 Å². The highest BCUT2D eigenvalue weighted by atomic mass is 16.1. The third-order valence-corrected chi connectivity index (χ3v) is 7.58. The first-order valence-corrected chi connectivity index (χ1v) is 13.6. The zero-order valence-corrected chi connectivity index (χ0v) is 21.6. The first kappa shape index (κ1) is 24.4. The third kappa shape index (κ3) is 4.86. The molecular formula is C30H36N4O2. The van der Waals surface area contributed by atoms with E-state index in [1.54, 1.807) is 24.3 Å². The molecule has 6 heteroatoms. The number of carbonyl (C=O) groups is 2. The van der Waals surface area contributed by atoms with Crippen LogP contribution in [0.3, 0.4) is 0 Å². The number of piperidine rings is 2. The van der Waals surface area contributed by atoms with Gasteiger partial charge in [-0.2, -0.15) is 0 Å². The summed E-state index contributed by atoms with van der Waals surface area (Å²) in [6.07, 6.45) is 8.99. The first-order valence-electron chi connectivity index (χ1n) is 13.6. The summed E-state index contributed by atoms with van der Waals surface area (Å²) in [7, 11) is 0. The molecule has 0 aromatic heterocycles. The van der Waals surface area contributed by atoms with E-state index in [1.165, 1.54) is 38.5 Å². The number of likely N-dealkylation sites (tertiary alicyclic amines) is 2. The minimum Gasteiger partial charge on any atom is -0.360 e. The lowest BCUT2D eigenvalue weighted by Gasteiger charge is -2.29. The van der Waals surface area contributed by atoms with Crippen molar-refractivity contribution in [2.24, 2.45) is 9.98 Å². The molecule has 2 heterocycles. The van der Waals surface area contributed by atoms with Crippen molar-refractivity contribution >= 4 is 34.6 Å². The first-order chi connectivity index (χ1) is 17.6. The van der Waals surface area contributed by atoms with Gasteiger partial charge in [-0.25, -0.2) is 9.98 Å². The summed E-state index contributed by atoms with van der Waals surface area (Å²) in [4.78, 5) is 41.4. The maximum Gasteiger partial charge on any atom is 0.194 e. The van der Waals surface area contributed by atoms with Gasteiger partial charge in [0.1, 0.15) is 11.7 Å². The second-order valence-corrected chi connectivity index (χ2v) is 9.98. The monoisotopic (exact) mass is 484 g/mol. The fraction of sp³-hybridized carbons (Fsp3) is 0.467. The molecule has 2 aromatic rings. The Morgan fingerprint density at radius 2 is 1.00 bits per heavy atom. The van der Waals surface area contributed by atoms with Gasteiger partial charge in [0.05, 0.1) is 11.4 Å². The van der Waals surface area contributed by atoms with Crippen LogP contribution < -0.4 is 0 Å². The van der Waals surface area contributed by atoms with Crippen LogP contribution in [0.25, 0.3) is 0 Å². The van der Waals surface area contributed by atoms with Gasteiger partial charge in [0, 0.05) is 61.3 Å². The van der Waals surface area contributed by atoms with E-state index in [4.69, 9.17) is 9.98 Å². The zero-order chi connectivity index (χ0) is 25.1. The Bertz CT molecular complexity index is 1120. The fourth-order valence-corrected chi connectivity index (χ4v) is 5.61. The van der Waals surface area contributed by atoms with Crippen LogP contribution in [-0.2, 0) is 0 Å². The number of nitrogens with zero attached hydrogens (tertiary/aromatic N) is 4. The Labute approximate surface area is 214 Å². The predicted octanol–water partition coefficient (Wildman–Crippen LogP) is 6.31. The molecule has 0 radical (unpaired) electrons. The van der Waals surface area contributed by atoms with Crippen molar-refractivity contribution in [3.63, 3.8) is 0 Å². The van der Waals surface area contributed by atoms with E-state index >= 15 is 0 Å². The summed E-state index contributed by atoms with van der Waals surface area (Å²) in [5.74, 6) is 1.87. The van der Waals surface area contributed by atoms with Crippen molar-refractivity contribution in [2.75, 3.05) is 26.2 Å². The van der Waals surface area contributed by atoms with Crippen LogP contribution in [0.5, 0.6) is 0 Å². The van der Waals surface area contributed by atoms with Crippen LogP contribution in [0.1, 0.15) is 97.1 Å². The average Bonchev–Trinajstić information content (AvgIpc) is 2.94. The van der Waals surface area contributed by atoms with E-state index in [9.17, 15) is 9.59 Å². The molecule has 2 fully saturated rings. The molecule has 2 saturated heterocycles. The molecule has 0 spiro atoms. The molecule has 36 heavy (non-hydrogen) atoms. The molecule has 6 nitrogen and oxygen atoms in total. The largest absolute Gasteiger partial charge is 0.360 e. The highest BCUT2D eigenvalue weighted by Crippen LogP contribution is 2.33. The number of ketones is 2. The summed E-state index contributed by atoms with van der Waals surface area (Å²) in [5, 5.41) is 0. The normalized spacial score (nSPS) is 18.8. The molecule has 0 atom stereocenters. The number of rotatable bonds is 4. The fourth-order valence-electron chi connectivity index (χ4n) is 5.61. The van der Waals surface area contributed by atoms with Crippen LogP contribution in [0, 0.1) is 0 Å². The number of aliphatic imine (C=N–C) groups is 2. The number of hydrogen-bond acceptors (Lipinski definition) is 4. The van der Waals surface area contributed by atoms with Crippen LogP contribution in [0.2, 0.25) is 0 Å². The van der Waals surface area contributed by atoms with Gasteiger partial charge in [0.25, 0.3) is 0 Å². The van der Waals surface area contributed by atoms with Gasteiger partial charge < -0.3 is 9.80 Å². The van der Waals surface area contributed by atoms with Crippen molar-refractivity contribution in [3.05, 3.63) is 58.7 Å². The van der Waals surface area contributed by atoms with Gasteiger partial charge in [0.15, 0.2) is 11.6 Å². The van der Waals surface area contributed by atoms with Gasteiger partial charge in [-0.1, -0.05) is 13.8 Å². The van der Waals surface area contributed by atoms with E-state index in [0.717, 1.165) is 62.1 Å². The molecule has 1 aliphatic carbocycles. The standard InChI is InChI=1S/C30H36N4O2/c1-3-27(33-15-7-5-8-16-33)31-21-11-13-23-25(19-21)29(35)24-14-12-22(20-26(24)30(23)36)32-28(4-2)34-17-9-6-10-18-34/h11-14,19-20H,3-10,15-18H2,1-2H3. The van der Waals surface area contributed by atoms with E-state index in [0.29, 0.717) is 22.3 Å². The van der Waals surface area contributed by atoms with Crippen molar-refractivity contribution in [1.29, 1.82) is 0 Å². The Morgan fingerprint density at radius 3 is 1.36 bits per heavy atom. The summed E-state index contributed by atoms with van der Waals surface area (Å²) < 4.78 is 0. The van der Waals surface area contributed by atoms with E-state index < -0.39 is 0 Å². The minimum atomic E-state index is -0.116. The maximum absolute atomic E-state index is 13.4. The molecule has 0 bridgehead atoms. The molecule has 0 unspecified atom stereocenters. The molecule has 188 valence electrons. The molecule has 2 aromatic carbocycles. The Balaban J connectivity index is 1.44. The van der Waals surface area contributed by atoms with E-state index in [-0.39, 0.29) is 11.6 Å². The lowest BCUT2D eigenvalue weighted by molar-refractivity contribution is 0.0979. The quantitative estimate of drug-likeness (QED) is 0.321. The number of amidine groups is 2. The second kappa shape index (κ2) is 10.8. The Morgan fingerprint density at radius 1 is 0.611 bits per heavy atom. The molecule has 0 saturated carbocycles. The van der Waals surface area contributed by atoms with Gasteiger partial charge in [-0.15, -0.1) is 0 Å². The lowest BCUT2D eigenvalue weighted by Crippen LogP contribution is -2.35. The SMILES string of the molecule is CCC(=Nc1ccc2c(c1)C(=O)c1ccc(N=C(CC)N3CCCCC3)cc1C2=O)N1CCCCC1. The zero-order valence-electron chi connectivity index (χ0n) is 21.6. The summed E-state index contributed by atoms with van der Waals surface area (Å²) in [6, 6.07) is 10.8. The molecule has 2 aliphatic heterocycles. The van der Waals surface area contributed by atoms with Crippen molar-refractivity contribution < 1.29 is 9.59 Å². The summed E-state index contributed by atoms with van der Waals surface area (Å²) >= 11 is 0. The molecule has 5 rings (SSSR count). The molecule has 0 amide bonds. The Kier molecular flexibility index (Phi) is 7.30. The number of fused-ring (bicyclic) bond motifs is 2. The third-order valence-electron chi connectivity index (χ3n) is 7.58. The van der Waals surface area contributed by atoms with Crippen molar-refractivity contribution in [2.45, 2.75) is 65.2 Å². The van der Waals surface area contributed by atoms with Crippen LogP contribution in [0.15, 0.2) is 46.4 Å². The minimum absolute atomic E-state index is 0.116. The van der Waals surface area contributed by atoms with Gasteiger partial charge in [-0.3, -0.25) is 9.59 Å². The van der Waals surface area contributed by atoms with Crippen molar-refractivity contribution in [3.8, 4) is 0 Å². The highest BCUT2D eigenvalue weighted by molar-refractivity contribution is 6.28. The number of hydrogen-bond donors (Lipinski definition) is 0. The molecule has 3 aliphatic rings. The van der Waals surface area contributed by atoms with Crippen molar-refractivity contribution in [1.82, 2.24) is 9.80 Å². The van der Waals surface area contributed by atoms with Gasteiger partial charge in [-0.05, 0) is 74.9 Å². The summed E-state index contributed by atoms with van der Waals surface area (Å²) in [6.45, 7) is 8.36. The van der Waals surface area contributed by atoms with E-state index in [2.05, 4.69) is 23.6 Å². The van der Waals surface area contributed by atoms with Gasteiger partial charge >= 0.3 is 0 Å². The smallest absolute Gasteiger partial charge is 0.194 e. The average molecular weight is 485 g/mol. The molecule has 0 N–H and O–H groups in total. The van der Waals surface area contributed by atoms with Crippen LogP contribution in [0.4, 0.5) is 11.4 Å². The van der Waals surface area contributed by atoms with Crippen LogP contribution >= 0.6 is 0 Å². The predicted molar refractivity (Wildman–Crippen MR) is 145 cm³/mol.